The summed E-state index contributed by atoms with van der Waals surface area (Å²) in [6.07, 6.45) is 1.71. The van der Waals surface area contributed by atoms with Gasteiger partial charge in [0.1, 0.15) is 0 Å². The van der Waals surface area contributed by atoms with E-state index in [4.69, 9.17) is 5.26 Å². The van der Waals surface area contributed by atoms with Crippen molar-refractivity contribution in [2.24, 2.45) is 0 Å². The lowest BCUT2D eigenvalue weighted by atomic mass is 10.1. The van der Waals surface area contributed by atoms with Gasteiger partial charge in [-0.2, -0.15) is 5.26 Å². The molecule has 21 heavy (non-hydrogen) atoms. The molecular formula is C15H21N3O2S. The first-order valence-electron chi connectivity index (χ1n) is 7.06. The first-order chi connectivity index (χ1) is 9.94. The number of hydrogen-bond acceptors (Lipinski definition) is 4. The number of rotatable bonds is 4. The third kappa shape index (κ3) is 3.82. The zero-order valence-corrected chi connectivity index (χ0v) is 13.3. The third-order valence-electron chi connectivity index (χ3n) is 4.02. The molecule has 1 saturated heterocycles. The predicted molar refractivity (Wildman–Crippen MR) is 82.1 cm³/mol. The Morgan fingerprint density at radius 1 is 1.29 bits per heavy atom. The summed E-state index contributed by atoms with van der Waals surface area (Å²) >= 11 is 0. The highest BCUT2D eigenvalue weighted by molar-refractivity contribution is 7.88. The van der Waals surface area contributed by atoms with Crippen molar-refractivity contribution in [2.75, 3.05) is 27.2 Å². The summed E-state index contributed by atoms with van der Waals surface area (Å²) in [5.41, 5.74) is 1.01. The summed E-state index contributed by atoms with van der Waals surface area (Å²) in [6, 6.07) is 9.38. The molecule has 0 bridgehead atoms. The number of sulfonamides is 1. The second-order valence-corrected chi connectivity index (χ2v) is 7.59. The van der Waals surface area contributed by atoms with E-state index in [1.807, 2.05) is 14.1 Å². The lowest BCUT2D eigenvalue weighted by molar-refractivity contribution is 0.196. The van der Waals surface area contributed by atoms with E-state index in [9.17, 15) is 8.42 Å². The molecule has 1 aliphatic heterocycles. The maximum absolute atomic E-state index is 12.5. The molecule has 1 aliphatic rings. The van der Waals surface area contributed by atoms with E-state index in [1.54, 1.807) is 28.6 Å². The largest absolute Gasteiger partial charge is 0.306 e. The lowest BCUT2D eigenvalue weighted by Gasteiger charge is -2.34. The van der Waals surface area contributed by atoms with Gasteiger partial charge in [-0.15, -0.1) is 0 Å². The maximum atomic E-state index is 12.5. The summed E-state index contributed by atoms with van der Waals surface area (Å²) in [6.45, 7) is 1.11. The second-order valence-electron chi connectivity index (χ2n) is 5.62. The van der Waals surface area contributed by atoms with E-state index < -0.39 is 10.0 Å². The van der Waals surface area contributed by atoms with Gasteiger partial charge < -0.3 is 4.90 Å². The van der Waals surface area contributed by atoms with Crippen LogP contribution in [-0.2, 0) is 15.8 Å². The molecule has 2 rings (SSSR count). The van der Waals surface area contributed by atoms with E-state index in [1.165, 1.54) is 0 Å². The van der Waals surface area contributed by atoms with Gasteiger partial charge in [-0.3, -0.25) is 0 Å². The van der Waals surface area contributed by atoms with Crippen LogP contribution in [0.4, 0.5) is 0 Å². The van der Waals surface area contributed by atoms with Gasteiger partial charge >= 0.3 is 0 Å². The Morgan fingerprint density at radius 3 is 2.48 bits per heavy atom. The summed E-state index contributed by atoms with van der Waals surface area (Å²) in [4.78, 5) is 2.15. The van der Waals surface area contributed by atoms with Crippen LogP contribution in [0.5, 0.6) is 0 Å². The van der Waals surface area contributed by atoms with Crippen molar-refractivity contribution in [1.82, 2.24) is 9.21 Å². The summed E-state index contributed by atoms with van der Waals surface area (Å²) in [5, 5.41) is 9.06. The van der Waals surface area contributed by atoms with Gasteiger partial charge in [0.05, 0.1) is 17.4 Å². The summed E-state index contributed by atoms with van der Waals surface area (Å²) < 4.78 is 26.6. The lowest BCUT2D eigenvalue weighted by Crippen LogP contribution is -2.44. The van der Waals surface area contributed by atoms with Crippen LogP contribution in [0.2, 0.25) is 0 Å². The molecule has 0 unspecified atom stereocenters. The average Bonchev–Trinajstić information content (AvgIpc) is 2.47. The Hall–Kier alpha value is -1.42. The van der Waals surface area contributed by atoms with Crippen molar-refractivity contribution >= 4 is 10.0 Å². The fourth-order valence-electron chi connectivity index (χ4n) is 2.68. The number of piperidine rings is 1. The molecule has 0 aromatic heterocycles. The number of nitrogens with zero attached hydrogens (tertiary/aromatic N) is 3. The van der Waals surface area contributed by atoms with Crippen molar-refractivity contribution in [3.63, 3.8) is 0 Å². The van der Waals surface area contributed by atoms with E-state index in [0.717, 1.165) is 12.8 Å². The molecule has 1 fully saturated rings. The predicted octanol–water partition coefficient (Wildman–Crippen LogP) is 1.41. The molecular weight excluding hydrogens is 286 g/mol. The minimum Gasteiger partial charge on any atom is -0.306 e. The average molecular weight is 307 g/mol. The van der Waals surface area contributed by atoms with Crippen molar-refractivity contribution < 1.29 is 8.42 Å². The van der Waals surface area contributed by atoms with Gasteiger partial charge in [0.2, 0.25) is 10.0 Å². The Morgan fingerprint density at radius 2 is 1.90 bits per heavy atom. The van der Waals surface area contributed by atoms with Gasteiger partial charge in [0.15, 0.2) is 0 Å². The summed E-state index contributed by atoms with van der Waals surface area (Å²) in [7, 11) is 0.697. The molecule has 0 saturated carbocycles. The number of hydrogen-bond donors (Lipinski definition) is 0. The SMILES string of the molecule is CN(C)C1CCN(S(=O)(=O)Cc2ccccc2C#N)CC1. The van der Waals surface area contributed by atoms with E-state index in [0.29, 0.717) is 30.3 Å². The number of benzene rings is 1. The minimum absolute atomic E-state index is 0.0939. The molecule has 114 valence electrons. The van der Waals surface area contributed by atoms with Crippen LogP contribution in [-0.4, -0.2) is 50.8 Å². The molecule has 0 radical (unpaired) electrons. The Kier molecular flexibility index (Phi) is 4.99. The first kappa shape index (κ1) is 16.0. The standard InChI is InChI=1S/C15H21N3O2S/c1-17(2)15-7-9-18(10-8-15)21(19,20)12-14-6-4-3-5-13(14)11-16/h3-6,15H,7-10,12H2,1-2H3. The van der Waals surface area contributed by atoms with Crippen LogP contribution in [0.3, 0.4) is 0 Å². The smallest absolute Gasteiger partial charge is 0.218 e. The molecule has 6 heteroatoms. The van der Waals surface area contributed by atoms with Crippen molar-refractivity contribution in [3.05, 3.63) is 35.4 Å². The fraction of sp³-hybridized carbons (Fsp3) is 0.533. The van der Waals surface area contributed by atoms with Gasteiger partial charge in [0, 0.05) is 19.1 Å². The molecule has 5 nitrogen and oxygen atoms in total. The highest BCUT2D eigenvalue weighted by Gasteiger charge is 2.29. The molecule has 0 atom stereocenters. The molecule has 0 spiro atoms. The number of nitriles is 1. The third-order valence-corrected chi connectivity index (χ3v) is 5.85. The fourth-order valence-corrected chi connectivity index (χ4v) is 4.27. The van der Waals surface area contributed by atoms with Crippen LogP contribution in [0.15, 0.2) is 24.3 Å². The zero-order valence-electron chi connectivity index (χ0n) is 12.5. The van der Waals surface area contributed by atoms with Gasteiger partial charge in [-0.05, 0) is 38.6 Å². The molecule has 0 N–H and O–H groups in total. The summed E-state index contributed by atoms with van der Waals surface area (Å²) in [5.74, 6) is -0.0939. The second kappa shape index (κ2) is 6.56. The zero-order chi connectivity index (χ0) is 15.5. The van der Waals surface area contributed by atoms with E-state index in [-0.39, 0.29) is 5.75 Å². The van der Waals surface area contributed by atoms with Gasteiger partial charge in [-0.1, -0.05) is 18.2 Å². The van der Waals surface area contributed by atoms with Crippen molar-refractivity contribution in [1.29, 1.82) is 5.26 Å². The van der Waals surface area contributed by atoms with E-state index in [2.05, 4.69) is 11.0 Å². The maximum Gasteiger partial charge on any atom is 0.218 e. The van der Waals surface area contributed by atoms with Gasteiger partial charge in [-0.25, -0.2) is 12.7 Å². The first-order valence-corrected chi connectivity index (χ1v) is 8.67. The highest BCUT2D eigenvalue weighted by Crippen LogP contribution is 2.20. The quantitative estimate of drug-likeness (QED) is 0.844. The topological polar surface area (TPSA) is 64.4 Å². The van der Waals surface area contributed by atoms with Crippen LogP contribution >= 0.6 is 0 Å². The monoisotopic (exact) mass is 307 g/mol. The molecule has 1 aromatic rings. The van der Waals surface area contributed by atoms with Crippen LogP contribution in [0.1, 0.15) is 24.0 Å². The molecule has 0 aliphatic carbocycles. The minimum atomic E-state index is -3.35. The van der Waals surface area contributed by atoms with Crippen molar-refractivity contribution in [3.8, 4) is 6.07 Å². The molecule has 1 heterocycles. The molecule has 0 amide bonds. The molecule has 1 aromatic carbocycles. The van der Waals surface area contributed by atoms with Crippen LogP contribution in [0.25, 0.3) is 0 Å². The van der Waals surface area contributed by atoms with Crippen LogP contribution in [0, 0.1) is 11.3 Å². The van der Waals surface area contributed by atoms with E-state index >= 15 is 0 Å². The normalized spacial score (nSPS) is 17.8. The van der Waals surface area contributed by atoms with Crippen molar-refractivity contribution in [2.45, 2.75) is 24.6 Å². The highest BCUT2D eigenvalue weighted by atomic mass is 32.2. The Balaban J connectivity index is 2.08. The Labute approximate surface area is 126 Å². The Bertz CT molecular complexity index is 627. The van der Waals surface area contributed by atoms with Crippen LogP contribution < -0.4 is 0 Å². The van der Waals surface area contributed by atoms with Gasteiger partial charge in [0.25, 0.3) is 0 Å².